The van der Waals surface area contributed by atoms with Gasteiger partial charge in [-0.3, -0.25) is 10.1 Å². The lowest BCUT2D eigenvalue weighted by atomic mass is 9.97. The average molecular weight is 293 g/mol. The maximum atomic E-state index is 13.1. The molecule has 2 aliphatic rings. The van der Waals surface area contributed by atoms with Crippen molar-refractivity contribution in [2.75, 3.05) is 0 Å². The van der Waals surface area contributed by atoms with Gasteiger partial charge in [-0.05, 0) is 56.4 Å². The number of hydrogen-bond donors (Lipinski definition) is 2. The number of hydrogen-bond acceptors (Lipinski definition) is 3. The van der Waals surface area contributed by atoms with Crippen LogP contribution >= 0.6 is 0 Å². The number of ether oxygens (including phenoxy) is 1. The smallest absolute Gasteiger partial charge is 0.324 e. The predicted octanol–water partition coefficient (Wildman–Crippen LogP) is 2.64. The highest BCUT2D eigenvalue weighted by Crippen LogP contribution is 2.36. The lowest BCUT2D eigenvalue weighted by molar-refractivity contribution is -0.145. The van der Waals surface area contributed by atoms with Crippen molar-refractivity contribution in [1.29, 1.82) is 0 Å². The second-order valence-electron chi connectivity index (χ2n) is 6.20. The Hall–Kier alpha value is -1.62. The zero-order chi connectivity index (χ0) is 15.0. The molecule has 0 amide bonds. The van der Waals surface area contributed by atoms with Crippen molar-refractivity contribution in [3.8, 4) is 5.75 Å². The molecule has 2 fully saturated rings. The fourth-order valence-electron chi connectivity index (χ4n) is 3.03. The maximum Gasteiger partial charge on any atom is 0.324 e. The van der Waals surface area contributed by atoms with Crippen LogP contribution in [-0.2, 0) is 4.79 Å². The number of halogens is 1. The van der Waals surface area contributed by atoms with Gasteiger partial charge in [0.05, 0.1) is 0 Å². The molecule has 2 aliphatic carbocycles. The summed E-state index contributed by atoms with van der Waals surface area (Å²) in [6, 6.07) is 4.74. The van der Waals surface area contributed by atoms with Crippen molar-refractivity contribution >= 4 is 5.97 Å². The van der Waals surface area contributed by atoms with E-state index in [1.165, 1.54) is 12.1 Å². The first-order valence-electron chi connectivity index (χ1n) is 7.42. The summed E-state index contributed by atoms with van der Waals surface area (Å²) in [4.78, 5) is 11.6. The van der Waals surface area contributed by atoms with Crippen LogP contribution in [0.4, 0.5) is 4.39 Å². The van der Waals surface area contributed by atoms with Gasteiger partial charge in [0.2, 0.25) is 0 Å². The van der Waals surface area contributed by atoms with Crippen molar-refractivity contribution in [1.82, 2.24) is 5.32 Å². The van der Waals surface area contributed by atoms with Crippen molar-refractivity contribution in [2.24, 2.45) is 0 Å². The summed E-state index contributed by atoms with van der Waals surface area (Å²) in [5, 5.41) is 12.8. The Balaban J connectivity index is 1.69. The van der Waals surface area contributed by atoms with Gasteiger partial charge < -0.3 is 9.84 Å². The molecule has 1 aromatic carbocycles. The second-order valence-corrected chi connectivity index (χ2v) is 6.20. The highest BCUT2D eigenvalue weighted by Gasteiger charge is 2.49. The SMILES string of the molecule is Cc1cc(F)ccc1OC1CCC(NC2CC2)(C(=O)O)C1. The minimum Gasteiger partial charge on any atom is -0.490 e. The minimum absolute atomic E-state index is 0.142. The number of rotatable bonds is 5. The Morgan fingerprint density at radius 2 is 2.19 bits per heavy atom. The molecule has 2 saturated carbocycles. The molecular weight excluding hydrogens is 273 g/mol. The molecule has 0 aliphatic heterocycles. The average Bonchev–Trinajstić information content (AvgIpc) is 3.12. The second kappa shape index (κ2) is 5.30. The zero-order valence-electron chi connectivity index (χ0n) is 12.1. The van der Waals surface area contributed by atoms with Crippen LogP contribution in [0.15, 0.2) is 18.2 Å². The van der Waals surface area contributed by atoms with Gasteiger partial charge in [0.15, 0.2) is 0 Å². The fraction of sp³-hybridized carbons (Fsp3) is 0.562. The first-order chi connectivity index (χ1) is 9.98. The molecule has 0 aromatic heterocycles. The maximum absolute atomic E-state index is 13.1. The predicted molar refractivity (Wildman–Crippen MR) is 75.9 cm³/mol. The zero-order valence-corrected chi connectivity index (χ0v) is 12.1. The number of nitrogens with one attached hydrogen (secondary N) is 1. The normalized spacial score (nSPS) is 28.6. The summed E-state index contributed by atoms with van der Waals surface area (Å²) in [7, 11) is 0. The molecule has 2 atom stereocenters. The van der Waals surface area contributed by atoms with Crippen LogP contribution in [0.3, 0.4) is 0 Å². The van der Waals surface area contributed by atoms with Gasteiger partial charge in [-0.2, -0.15) is 0 Å². The molecule has 0 radical (unpaired) electrons. The van der Waals surface area contributed by atoms with Gasteiger partial charge in [0, 0.05) is 12.5 Å². The Labute approximate surface area is 123 Å². The summed E-state index contributed by atoms with van der Waals surface area (Å²) in [5.41, 5.74) is -0.127. The van der Waals surface area contributed by atoms with E-state index in [0.29, 0.717) is 31.1 Å². The fourth-order valence-corrected chi connectivity index (χ4v) is 3.03. The summed E-state index contributed by atoms with van der Waals surface area (Å²) in [5.74, 6) is -0.452. The molecule has 5 heteroatoms. The highest BCUT2D eigenvalue weighted by molar-refractivity contribution is 5.79. The third-order valence-electron chi connectivity index (χ3n) is 4.37. The molecule has 3 rings (SSSR count). The van der Waals surface area contributed by atoms with Gasteiger partial charge in [0.1, 0.15) is 23.2 Å². The van der Waals surface area contributed by atoms with Gasteiger partial charge in [-0.25, -0.2) is 4.39 Å². The van der Waals surface area contributed by atoms with E-state index in [4.69, 9.17) is 4.74 Å². The van der Waals surface area contributed by atoms with E-state index in [1.807, 2.05) is 0 Å². The molecule has 0 saturated heterocycles. The van der Waals surface area contributed by atoms with Crippen molar-refractivity contribution < 1.29 is 19.0 Å². The van der Waals surface area contributed by atoms with Crippen LogP contribution in [-0.4, -0.2) is 28.8 Å². The van der Waals surface area contributed by atoms with Crippen LogP contribution in [0.5, 0.6) is 5.75 Å². The van der Waals surface area contributed by atoms with Crippen molar-refractivity contribution in [3.63, 3.8) is 0 Å². The molecule has 2 unspecified atom stereocenters. The first-order valence-corrected chi connectivity index (χ1v) is 7.42. The number of aliphatic carboxylic acids is 1. The Kier molecular flexibility index (Phi) is 3.61. The topological polar surface area (TPSA) is 58.6 Å². The molecule has 1 aromatic rings. The molecule has 21 heavy (non-hydrogen) atoms. The number of carboxylic acids is 1. The highest BCUT2D eigenvalue weighted by atomic mass is 19.1. The van der Waals surface area contributed by atoms with E-state index < -0.39 is 11.5 Å². The van der Waals surface area contributed by atoms with E-state index >= 15 is 0 Å². The minimum atomic E-state index is -0.861. The lowest BCUT2D eigenvalue weighted by Crippen LogP contribution is -2.51. The van der Waals surface area contributed by atoms with Gasteiger partial charge in [-0.15, -0.1) is 0 Å². The van der Waals surface area contributed by atoms with Crippen LogP contribution in [0.1, 0.15) is 37.7 Å². The molecule has 0 bridgehead atoms. The lowest BCUT2D eigenvalue weighted by Gasteiger charge is -2.26. The van der Waals surface area contributed by atoms with Crippen molar-refractivity contribution in [2.45, 2.75) is 56.7 Å². The summed E-state index contributed by atoms with van der Waals surface area (Å²) >= 11 is 0. The largest absolute Gasteiger partial charge is 0.490 e. The number of benzene rings is 1. The van der Waals surface area contributed by atoms with E-state index in [2.05, 4.69) is 5.32 Å². The van der Waals surface area contributed by atoms with Gasteiger partial charge >= 0.3 is 5.97 Å². The standard InChI is InChI=1S/C16H20FNO3/c1-10-8-11(17)2-5-14(10)21-13-6-7-16(9-13,15(19)20)18-12-3-4-12/h2,5,8,12-13,18H,3-4,6-7,9H2,1H3,(H,19,20). The molecule has 114 valence electrons. The van der Waals surface area contributed by atoms with E-state index in [-0.39, 0.29) is 11.9 Å². The monoisotopic (exact) mass is 293 g/mol. The van der Waals surface area contributed by atoms with Crippen LogP contribution < -0.4 is 10.1 Å². The molecule has 0 heterocycles. The number of aryl methyl sites for hydroxylation is 1. The van der Waals surface area contributed by atoms with E-state index in [1.54, 1.807) is 13.0 Å². The third kappa shape index (κ3) is 3.02. The number of carboxylic acid groups (broad SMARTS) is 1. The first kappa shape index (κ1) is 14.3. The number of carbonyl (C=O) groups is 1. The molecule has 4 nitrogen and oxygen atoms in total. The summed E-state index contributed by atoms with van der Waals surface area (Å²) in [6.45, 7) is 1.79. The van der Waals surface area contributed by atoms with Crippen LogP contribution in [0.2, 0.25) is 0 Å². The van der Waals surface area contributed by atoms with E-state index in [9.17, 15) is 14.3 Å². The summed E-state index contributed by atoms with van der Waals surface area (Å²) in [6.07, 6.45) is 3.69. The van der Waals surface area contributed by atoms with E-state index in [0.717, 1.165) is 18.4 Å². The van der Waals surface area contributed by atoms with Crippen molar-refractivity contribution in [3.05, 3.63) is 29.6 Å². The summed E-state index contributed by atoms with van der Waals surface area (Å²) < 4.78 is 19.0. The Morgan fingerprint density at radius 1 is 1.43 bits per heavy atom. The molecule has 2 N–H and O–H groups in total. The van der Waals surface area contributed by atoms with Gasteiger partial charge in [0.25, 0.3) is 0 Å². The van der Waals surface area contributed by atoms with Gasteiger partial charge in [-0.1, -0.05) is 0 Å². The van der Waals surface area contributed by atoms with Crippen LogP contribution in [0.25, 0.3) is 0 Å². The quantitative estimate of drug-likeness (QED) is 0.876. The molecular formula is C16H20FNO3. The molecule has 0 spiro atoms. The third-order valence-corrected chi connectivity index (χ3v) is 4.37. The van der Waals surface area contributed by atoms with Crippen LogP contribution in [0, 0.1) is 12.7 Å². The Morgan fingerprint density at radius 3 is 2.81 bits per heavy atom. The Bertz CT molecular complexity index is 558.